The lowest BCUT2D eigenvalue weighted by atomic mass is 10.1. The summed E-state index contributed by atoms with van der Waals surface area (Å²) < 4.78 is 0. The van der Waals surface area contributed by atoms with E-state index in [0.29, 0.717) is 17.7 Å². The number of amides is 1. The van der Waals surface area contributed by atoms with Crippen molar-refractivity contribution in [3.8, 4) is 0 Å². The van der Waals surface area contributed by atoms with Crippen molar-refractivity contribution in [1.82, 2.24) is 10.2 Å². The molecule has 2 aromatic rings. The second-order valence-electron chi connectivity index (χ2n) is 6.94. The number of benzene rings is 1. The van der Waals surface area contributed by atoms with E-state index < -0.39 is 4.92 Å². The maximum Gasteiger partial charge on any atom is 0.273 e. The van der Waals surface area contributed by atoms with Gasteiger partial charge in [0.05, 0.1) is 11.0 Å². The number of carbonyl (C=O) groups excluding carboxylic acids is 1. The summed E-state index contributed by atoms with van der Waals surface area (Å²) >= 11 is 1.66. The smallest absolute Gasteiger partial charge is 0.273 e. The van der Waals surface area contributed by atoms with Crippen LogP contribution < -0.4 is 5.32 Å². The van der Waals surface area contributed by atoms with Gasteiger partial charge in [-0.15, -0.1) is 0 Å². The number of rotatable bonds is 6. The molecule has 1 N–H and O–H groups in total. The zero-order valence-electron chi connectivity index (χ0n) is 15.5. The highest BCUT2D eigenvalue weighted by atomic mass is 32.1. The Morgan fingerprint density at radius 2 is 2.00 bits per heavy atom. The third kappa shape index (κ3) is 4.73. The fourth-order valence-corrected chi connectivity index (χ4v) is 4.39. The number of hydrogen-bond donors (Lipinski definition) is 1. The maximum absolute atomic E-state index is 12.7. The van der Waals surface area contributed by atoms with Crippen LogP contribution >= 0.6 is 11.3 Å². The van der Waals surface area contributed by atoms with Crippen molar-refractivity contribution in [1.29, 1.82) is 0 Å². The van der Waals surface area contributed by atoms with Gasteiger partial charge in [-0.05, 0) is 61.3 Å². The fourth-order valence-electron chi connectivity index (χ4n) is 3.68. The monoisotopic (exact) mass is 387 g/mol. The molecule has 1 aliphatic rings. The van der Waals surface area contributed by atoms with Crippen molar-refractivity contribution < 1.29 is 9.72 Å². The van der Waals surface area contributed by atoms with Crippen molar-refractivity contribution in [2.75, 3.05) is 19.6 Å². The minimum Gasteiger partial charge on any atom is -0.350 e. The number of nitro benzene ring substituents is 1. The van der Waals surface area contributed by atoms with Crippen molar-refractivity contribution in [2.24, 2.45) is 0 Å². The van der Waals surface area contributed by atoms with Crippen LogP contribution in [0, 0.1) is 17.0 Å². The van der Waals surface area contributed by atoms with Gasteiger partial charge in [-0.3, -0.25) is 19.8 Å². The third-order valence-corrected chi connectivity index (χ3v) is 5.91. The topological polar surface area (TPSA) is 75.5 Å². The first-order valence-electron chi connectivity index (χ1n) is 9.36. The Bertz CT molecular complexity index is 784. The SMILES string of the molecule is Cc1c(C(=O)NCC(c2ccsc2)N2CCCCCC2)cccc1[N+](=O)[O-]. The molecule has 1 saturated heterocycles. The number of nitrogens with one attached hydrogen (secondary N) is 1. The minimum absolute atomic E-state index is 0.0236. The molecular formula is C20H25N3O3S. The van der Waals surface area contributed by atoms with Gasteiger partial charge in [-0.1, -0.05) is 18.9 Å². The molecule has 7 heteroatoms. The van der Waals surface area contributed by atoms with E-state index in [9.17, 15) is 14.9 Å². The standard InChI is InChI=1S/C20H25N3O3S/c1-15-17(7-6-8-18(15)23(25)26)20(24)21-13-19(16-9-12-27-14-16)22-10-4-2-3-5-11-22/h6-9,12,14,19H,2-5,10-11,13H2,1H3,(H,21,24). The van der Waals surface area contributed by atoms with Crippen LogP contribution in [0.2, 0.25) is 0 Å². The van der Waals surface area contributed by atoms with Crippen molar-refractivity contribution in [3.63, 3.8) is 0 Å². The summed E-state index contributed by atoms with van der Waals surface area (Å²) in [6, 6.07) is 6.88. The summed E-state index contributed by atoms with van der Waals surface area (Å²) in [5, 5.41) is 18.3. The van der Waals surface area contributed by atoms with E-state index in [4.69, 9.17) is 0 Å². The van der Waals surface area contributed by atoms with Crippen LogP contribution in [-0.4, -0.2) is 35.4 Å². The molecule has 0 aliphatic carbocycles. The molecule has 1 aromatic carbocycles. The molecule has 0 spiro atoms. The number of nitrogens with zero attached hydrogens (tertiary/aromatic N) is 2. The lowest BCUT2D eigenvalue weighted by molar-refractivity contribution is -0.385. The van der Waals surface area contributed by atoms with E-state index in [2.05, 4.69) is 27.0 Å². The Hall–Kier alpha value is -2.25. The Labute approximate surface area is 163 Å². The van der Waals surface area contributed by atoms with E-state index in [1.54, 1.807) is 30.4 Å². The molecule has 6 nitrogen and oxygen atoms in total. The molecule has 2 heterocycles. The highest BCUT2D eigenvalue weighted by molar-refractivity contribution is 7.07. The van der Waals surface area contributed by atoms with Crippen molar-refractivity contribution >= 4 is 22.9 Å². The molecule has 0 bridgehead atoms. The molecular weight excluding hydrogens is 362 g/mol. The average molecular weight is 388 g/mol. The van der Waals surface area contributed by atoms with Crippen LogP contribution in [0.4, 0.5) is 5.69 Å². The normalized spacial score (nSPS) is 16.5. The molecule has 144 valence electrons. The lowest BCUT2D eigenvalue weighted by Crippen LogP contribution is -2.38. The number of carbonyl (C=O) groups is 1. The van der Waals surface area contributed by atoms with E-state index in [-0.39, 0.29) is 17.6 Å². The second-order valence-corrected chi connectivity index (χ2v) is 7.72. The fraction of sp³-hybridized carbons (Fsp3) is 0.450. The number of hydrogen-bond acceptors (Lipinski definition) is 5. The minimum atomic E-state index is -0.447. The van der Waals surface area contributed by atoms with Gasteiger partial charge in [0.15, 0.2) is 0 Å². The summed E-state index contributed by atoms with van der Waals surface area (Å²) in [6.07, 6.45) is 4.87. The van der Waals surface area contributed by atoms with Gasteiger partial charge in [-0.25, -0.2) is 0 Å². The second kappa shape index (κ2) is 9.10. The van der Waals surface area contributed by atoms with Gasteiger partial charge in [-0.2, -0.15) is 11.3 Å². The van der Waals surface area contributed by atoms with Crippen molar-refractivity contribution in [3.05, 3.63) is 61.8 Å². The molecule has 0 radical (unpaired) electrons. The quantitative estimate of drug-likeness (QED) is 0.592. The molecule has 1 unspecified atom stereocenters. The van der Waals surface area contributed by atoms with E-state index in [1.165, 1.54) is 37.3 Å². The van der Waals surface area contributed by atoms with Crippen LogP contribution in [0.5, 0.6) is 0 Å². The van der Waals surface area contributed by atoms with Gasteiger partial charge < -0.3 is 5.32 Å². The average Bonchev–Trinajstić information content (AvgIpc) is 3.04. The summed E-state index contributed by atoms with van der Waals surface area (Å²) in [5.74, 6) is -0.258. The number of likely N-dealkylation sites (tertiary alicyclic amines) is 1. The Morgan fingerprint density at radius 1 is 1.26 bits per heavy atom. The molecule has 1 amide bonds. The molecule has 1 atom stereocenters. The van der Waals surface area contributed by atoms with Gasteiger partial charge in [0.2, 0.25) is 0 Å². The summed E-state index contributed by atoms with van der Waals surface area (Å²) in [7, 11) is 0. The van der Waals surface area contributed by atoms with Crippen LogP contribution in [-0.2, 0) is 0 Å². The first kappa shape index (κ1) is 19.5. The predicted octanol–water partition coefficient (Wildman–Crippen LogP) is 4.31. The van der Waals surface area contributed by atoms with Crippen LogP contribution in [0.25, 0.3) is 0 Å². The Kier molecular flexibility index (Phi) is 6.58. The number of thiophene rings is 1. The van der Waals surface area contributed by atoms with E-state index >= 15 is 0 Å². The van der Waals surface area contributed by atoms with Gasteiger partial charge >= 0.3 is 0 Å². The Balaban J connectivity index is 1.74. The summed E-state index contributed by atoms with van der Waals surface area (Å²) in [5.41, 5.74) is 1.97. The Morgan fingerprint density at radius 3 is 2.63 bits per heavy atom. The van der Waals surface area contributed by atoms with Gasteiger partial charge in [0.1, 0.15) is 0 Å². The lowest BCUT2D eigenvalue weighted by Gasteiger charge is -2.30. The molecule has 1 aliphatic heterocycles. The largest absolute Gasteiger partial charge is 0.350 e. The zero-order valence-corrected chi connectivity index (χ0v) is 16.3. The van der Waals surface area contributed by atoms with Gasteiger partial charge in [0.25, 0.3) is 11.6 Å². The first-order chi connectivity index (χ1) is 13.1. The van der Waals surface area contributed by atoms with E-state index in [0.717, 1.165) is 13.1 Å². The highest BCUT2D eigenvalue weighted by Gasteiger charge is 2.24. The van der Waals surface area contributed by atoms with Crippen molar-refractivity contribution in [2.45, 2.75) is 38.6 Å². The van der Waals surface area contributed by atoms with Crippen LogP contribution in [0.1, 0.15) is 53.2 Å². The van der Waals surface area contributed by atoms with Gasteiger partial charge in [0, 0.05) is 23.7 Å². The molecule has 1 fully saturated rings. The van der Waals surface area contributed by atoms with E-state index in [1.807, 2.05) is 0 Å². The van der Waals surface area contributed by atoms with Crippen LogP contribution in [0.3, 0.4) is 0 Å². The summed E-state index contributed by atoms with van der Waals surface area (Å²) in [4.78, 5) is 25.8. The molecule has 0 saturated carbocycles. The molecule has 3 rings (SSSR count). The van der Waals surface area contributed by atoms with Crippen LogP contribution in [0.15, 0.2) is 35.0 Å². The molecule has 1 aromatic heterocycles. The highest BCUT2D eigenvalue weighted by Crippen LogP contribution is 2.26. The third-order valence-electron chi connectivity index (χ3n) is 5.21. The maximum atomic E-state index is 12.7. The molecule has 27 heavy (non-hydrogen) atoms. The first-order valence-corrected chi connectivity index (χ1v) is 10.3. The summed E-state index contributed by atoms with van der Waals surface area (Å²) in [6.45, 7) is 4.19. The zero-order chi connectivity index (χ0) is 19.2. The number of nitro groups is 1. The predicted molar refractivity (Wildman–Crippen MR) is 107 cm³/mol.